The van der Waals surface area contributed by atoms with E-state index in [0.29, 0.717) is 0 Å². The van der Waals surface area contributed by atoms with Gasteiger partial charge in [-0.15, -0.1) is 0 Å². The molecule has 0 heterocycles. The molecule has 37 valence electrons. The predicted molar refractivity (Wildman–Crippen MR) is 17.8 cm³/mol. The molecule has 0 aromatic rings. The highest BCUT2D eigenvalue weighted by molar-refractivity contribution is 7.30. The lowest BCUT2D eigenvalue weighted by atomic mass is 11.9. The molecule has 6 heavy (non-hydrogen) atoms. The Morgan fingerprint density at radius 1 is 1.50 bits per heavy atom. The monoisotopic (exact) mass is 113 g/mol. The maximum Gasteiger partial charge on any atom is 0.314 e. The molecule has 0 rings (SSSR count). The van der Waals surface area contributed by atoms with Crippen LogP contribution < -0.4 is 0 Å². The number of hydrogen-bond donors (Lipinski definition) is 2. The number of hydrogen-bond acceptors (Lipinski definition) is 1. The van der Waals surface area contributed by atoms with E-state index in [1.54, 1.807) is 0 Å². The minimum absolute atomic E-state index is 3.13. The van der Waals surface area contributed by atoms with Gasteiger partial charge < -0.3 is 9.79 Å². The van der Waals surface area contributed by atoms with Crippen molar-refractivity contribution < 1.29 is 18.7 Å². The van der Waals surface area contributed by atoms with Crippen molar-refractivity contribution in [3.05, 3.63) is 7.18 Å². The first-order valence-electron chi connectivity index (χ1n) is 0.840. The lowest BCUT2D eigenvalue weighted by Crippen LogP contribution is -1.38. The summed E-state index contributed by atoms with van der Waals surface area (Å²) in [6.45, 7) is 0. The summed E-state index contributed by atoms with van der Waals surface area (Å²) >= 11 is 0. The average Bonchev–Trinajstić information content (AvgIpc) is 1.41. The van der Waals surface area contributed by atoms with Crippen LogP contribution in [-0.2, 0) is 4.57 Å². The third-order valence-corrected chi connectivity index (χ3v) is 0. The second kappa shape index (κ2) is 8.91. The molecule has 0 unspecified atom stereocenters. The van der Waals surface area contributed by atoms with Crippen LogP contribution in [0.4, 0.5) is 4.39 Å². The van der Waals surface area contributed by atoms with Gasteiger partial charge in [-0.1, -0.05) is 0 Å². The van der Waals surface area contributed by atoms with Crippen molar-refractivity contribution in [1.29, 1.82) is 0 Å². The second-order valence-electron chi connectivity index (χ2n) is 0.283. The van der Waals surface area contributed by atoms with Crippen LogP contribution in [0, 0.1) is 7.18 Å². The standard InChI is InChI=1S/CF.H3O3P/c1-2;1-4(2)3/h;4H,(H2,1,2,3). The van der Waals surface area contributed by atoms with Crippen LogP contribution in [0.25, 0.3) is 0 Å². The predicted octanol–water partition coefficient (Wildman–Crippen LogP) is -0.138. The smallest absolute Gasteiger partial charge is 0.314 e. The van der Waals surface area contributed by atoms with E-state index in [1.807, 2.05) is 0 Å². The summed E-state index contributed by atoms with van der Waals surface area (Å²) in [4.78, 5) is 14.3. The molecule has 0 aromatic heterocycles. The zero-order chi connectivity index (χ0) is 5.58. The number of rotatable bonds is 0. The maximum absolute atomic E-state index is 8.75. The molecule has 0 bridgehead atoms. The van der Waals surface area contributed by atoms with E-state index in [0.717, 1.165) is 0 Å². The Labute approximate surface area is 35.4 Å². The largest absolute Gasteiger partial charge is 0.326 e. The first kappa shape index (κ1) is 9.43. The molecule has 0 spiro atoms. The molecule has 0 aliphatic rings. The Bertz CT molecular complexity index is 33.8. The van der Waals surface area contributed by atoms with Gasteiger partial charge in [-0.3, -0.25) is 4.57 Å². The van der Waals surface area contributed by atoms with E-state index in [9.17, 15) is 0 Å². The van der Waals surface area contributed by atoms with Crippen LogP contribution in [0.2, 0.25) is 0 Å². The molecule has 0 aromatic carbocycles. The molecule has 5 heteroatoms. The van der Waals surface area contributed by atoms with E-state index >= 15 is 0 Å². The summed E-state index contributed by atoms with van der Waals surface area (Å²) in [5.74, 6) is 0. The van der Waals surface area contributed by atoms with Crippen molar-refractivity contribution in [2.24, 2.45) is 0 Å². The van der Waals surface area contributed by atoms with Crippen LogP contribution in [0.15, 0.2) is 0 Å². The third kappa shape index (κ3) is 6050. The quantitative estimate of drug-likeness (QED) is 0.430. The zero-order valence-corrected chi connectivity index (χ0v) is 3.68. The molecule has 0 aliphatic carbocycles. The molecule has 0 saturated carbocycles. The zero-order valence-electron chi connectivity index (χ0n) is 2.68. The van der Waals surface area contributed by atoms with Gasteiger partial charge in [0.05, 0.1) is 0 Å². The minimum Gasteiger partial charge on any atom is -0.326 e. The van der Waals surface area contributed by atoms with Crippen molar-refractivity contribution in [3.8, 4) is 0 Å². The third-order valence-electron chi connectivity index (χ3n) is 0. The fourth-order valence-electron chi connectivity index (χ4n) is 0. The van der Waals surface area contributed by atoms with E-state index in [1.165, 1.54) is 0 Å². The molecule has 0 fully saturated rings. The maximum atomic E-state index is 8.75. The summed E-state index contributed by atoms with van der Waals surface area (Å²) in [6.07, 6.45) is 0. The summed E-state index contributed by atoms with van der Waals surface area (Å²) in [5, 5.41) is 0. The Morgan fingerprint density at radius 3 is 1.50 bits per heavy atom. The van der Waals surface area contributed by atoms with Gasteiger partial charge >= 0.3 is 8.25 Å². The SMILES string of the molecule is O=[PH](O)O.[C]F. The van der Waals surface area contributed by atoms with Gasteiger partial charge in [-0.2, -0.15) is 0 Å². The topological polar surface area (TPSA) is 57.5 Å². The van der Waals surface area contributed by atoms with Gasteiger partial charge in [0.25, 0.3) is 0 Å². The molecule has 0 atom stereocenters. The van der Waals surface area contributed by atoms with E-state index < -0.39 is 8.25 Å². The van der Waals surface area contributed by atoms with Crippen LogP contribution in [0.3, 0.4) is 0 Å². The summed E-state index contributed by atoms with van der Waals surface area (Å²) in [7, 11) is 1.12. The van der Waals surface area contributed by atoms with Crippen molar-refractivity contribution in [3.63, 3.8) is 0 Å². The highest BCUT2D eigenvalue weighted by Gasteiger charge is 1.61. The molecule has 3 radical (unpaired) electrons. The molecule has 2 N–H and O–H groups in total. The summed E-state index contributed by atoms with van der Waals surface area (Å²) in [6, 6.07) is 0. The van der Waals surface area contributed by atoms with Crippen LogP contribution in [-0.4, -0.2) is 9.79 Å². The first-order chi connectivity index (χ1) is 2.73. The molecule has 0 aliphatic heterocycles. The van der Waals surface area contributed by atoms with Gasteiger partial charge in [0.2, 0.25) is 7.18 Å². The number of halogens is 1. The minimum atomic E-state index is -3.13. The van der Waals surface area contributed by atoms with Crippen LogP contribution in [0.5, 0.6) is 0 Å². The normalized spacial score (nSPS) is 6.83. The Balaban J connectivity index is 0. The van der Waals surface area contributed by atoms with Gasteiger partial charge in [0.15, 0.2) is 0 Å². The van der Waals surface area contributed by atoms with Crippen molar-refractivity contribution in [1.82, 2.24) is 0 Å². The highest BCUT2D eigenvalue weighted by atomic mass is 31.1. The molecular formula is CH3FO3P. The summed E-state index contributed by atoms with van der Waals surface area (Å²) < 4.78 is 17.5. The van der Waals surface area contributed by atoms with Crippen LogP contribution in [0.1, 0.15) is 0 Å². The second-order valence-corrected chi connectivity index (χ2v) is 0.848. The van der Waals surface area contributed by atoms with Gasteiger partial charge in [0, 0.05) is 0 Å². The fraction of sp³-hybridized carbons (Fsp3) is 0. The Kier molecular flexibility index (Phi) is 14.0. The van der Waals surface area contributed by atoms with E-state index in [-0.39, 0.29) is 0 Å². The fourth-order valence-corrected chi connectivity index (χ4v) is 0. The molecule has 0 saturated heterocycles. The van der Waals surface area contributed by atoms with Crippen molar-refractivity contribution in [2.75, 3.05) is 0 Å². The van der Waals surface area contributed by atoms with Crippen molar-refractivity contribution in [2.45, 2.75) is 0 Å². The van der Waals surface area contributed by atoms with E-state index in [4.69, 9.17) is 18.7 Å². The first-order valence-corrected chi connectivity index (χ1v) is 2.14. The van der Waals surface area contributed by atoms with Crippen LogP contribution >= 0.6 is 8.25 Å². The molecular weight excluding hydrogens is 110 g/mol. The molecule has 3 nitrogen and oxygen atoms in total. The van der Waals surface area contributed by atoms with Gasteiger partial charge in [0.1, 0.15) is 0 Å². The Hall–Kier alpha value is 0.0800. The van der Waals surface area contributed by atoms with Gasteiger partial charge in [-0.05, 0) is 0 Å². The highest BCUT2D eigenvalue weighted by Crippen LogP contribution is 1.98. The van der Waals surface area contributed by atoms with Gasteiger partial charge in [-0.25, -0.2) is 4.39 Å². The summed E-state index contributed by atoms with van der Waals surface area (Å²) in [5.41, 5.74) is 0. The van der Waals surface area contributed by atoms with E-state index in [2.05, 4.69) is 7.18 Å². The lowest BCUT2D eigenvalue weighted by molar-refractivity contribution is 0.405. The average molecular weight is 113 g/mol. The lowest BCUT2D eigenvalue weighted by Gasteiger charge is -1.61. The van der Waals surface area contributed by atoms with Crippen molar-refractivity contribution >= 4 is 8.25 Å². The molecule has 0 amide bonds. The Morgan fingerprint density at radius 2 is 1.50 bits per heavy atom.